The van der Waals surface area contributed by atoms with Crippen molar-refractivity contribution in [3.05, 3.63) is 60.4 Å². The van der Waals surface area contributed by atoms with Gasteiger partial charge < -0.3 is 14.2 Å². The van der Waals surface area contributed by atoms with Gasteiger partial charge in [0.15, 0.2) is 0 Å². The highest BCUT2D eigenvalue weighted by Gasteiger charge is 2.25. The zero-order valence-corrected chi connectivity index (χ0v) is 17.3. The van der Waals surface area contributed by atoms with Crippen LogP contribution in [0, 0.1) is 11.8 Å². The van der Waals surface area contributed by atoms with Crippen LogP contribution in [-0.2, 0) is 17.9 Å². The number of carbonyl (C=O) groups excluding carboxylic acids is 1. The first-order chi connectivity index (χ1) is 14.1. The highest BCUT2D eigenvalue weighted by molar-refractivity contribution is 5.78. The molecule has 2 heterocycles. The van der Waals surface area contributed by atoms with E-state index in [2.05, 4.69) is 22.8 Å². The molecule has 0 radical (unpaired) electrons. The third-order valence-electron chi connectivity index (χ3n) is 5.71. The molecular formula is C24H29N3O2. The Morgan fingerprint density at radius 2 is 1.76 bits per heavy atom. The number of nitrogens with zero attached hydrogens (tertiary/aromatic N) is 3. The fourth-order valence-electron chi connectivity index (χ4n) is 4.06. The van der Waals surface area contributed by atoms with Crippen molar-refractivity contribution in [2.45, 2.75) is 39.8 Å². The molecule has 1 saturated heterocycles. The van der Waals surface area contributed by atoms with E-state index in [1.54, 1.807) is 0 Å². The second-order valence-electron chi connectivity index (χ2n) is 8.15. The topological polar surface area (TPSA) is 47.4 Å². The summed E-state index contributed by atoms with van der Waals surface area (Å²) in [7, 11) is 0. The van der Waals surface area contributed by atoms with Gasteiger partial charge in [0.25, 0.3) is 0 Å². The predicted molar refractivity (Wildman–Crippen MR) is 115 cm³/mol. The maximum atomic E-state index is 12.3. The first-order valence-electron chi connectivity index (χ1n) is 10.5. The van der Waals surface area contributed by atoms with Crippen LogP contribution in [-0.4, -0.2) is 33.4 Å². The third kappa shape index (κ3) is 4.44. The van der Waals surface area contributed by atoms with Gasteiger partial charge in [0.05, 0.1) is 11.0 Å². The first kappa shape index (κ1) is 19.5. The number of ether oxygens (including phenoxy) is 1. The standard InChI is InChI=1S/C24H29N3O2/c1-18(2)24(28)26-14-12-19(13-15-26)16-27-22-11-7-6-10-21(22)25-23(27)17-29-20-8-4-3-5-9-20/h3-11,18-19H,12-17H2,1-2H3. The van der Waals surface area contributed by atoms with E-state index < -0.39 is 0 Å². The minimum Gasteiger partial charge on any atom is -0.486 e. The molecule has 0 unspecified atom stereocenters. The van der Waals surface area contributed by atoms with Crippen LogP contribution in [0.4, 0.5) is 0 Å². The number of hydrogen-bond donors (Lipinski definition) is 0. The molecular weight excluding hydrogens is 362 g/mol. The summed E-state index contributed by atoms with van der Waals surface area (Å²) in [5.74, 6) is 2.70. The van der Waals surface area contributed by atoms with Crippen molar-refractivity contribution in [1.29, 1.82) is 0 Å². The Kier molecular flexibility index (Phi) is 5.84. The Hall–Kier alpha value is -2.82. The third-order valence-corrected chi connectivity index (χ3v) is 5.71. The van der Waals surface area contributed by atoms with Gasteiger partial charge in [-0.3, -0.25) is 4.79 Å². The first-order valence-corrected chi connectivity index (χ1v) is 10.5. The largest absolute Gasteiger partial charge is 0.486 e. The number of fused-ring (bicyclic) bond motifs is 1. The van der Waals surface area contributed by atoms with Crippen molar-refractivity contribution in [3.63, 3.8) is 0 Å². The number of aromatic nitrogens is 2. The highest BCUT2D eigenvalue weighted by atomic mass is 16.5. The molecule has 3 aromatic rings. The van der Waals surface area contributed by atoms with Crippen LogP contribution in [0.2, 0.25) is 0 Å². The molecule has 0 N–H and O–H groups in total. The second kappa shape index (κ2) is 8.68. The summed E-state index contributed by atoms with van der Waals surface area (Å²) < 4.78 is 8.30. The maximum absolute atomic E-state index is 12.3. The number of hydrogen-bond acceptors (Lipinski definition) is 3. The smallest absolute Gasteiger partial charge is 0.225 e. The highest BCUT2D eigenvalue weighted by Crippen LogP contribution is 2.25. The molecule has 1 aliphatic rings. The molecule has 29 heavy (non-hydrogen) atoms. The molecule has 152 valence electrons. The van der Waals surface area contributed by atoms with E-state index >= 15 is 0 Å². The number of rotatable bonds is 6. The summed E-state index contributed by atoms with van der Waals surface area (Å²) in [5, 5.41) is 0. The van der Waals surface area contributed by atoms with Gasteiger partial charge >= 0.3 is 0 Å². The normalized spacial score (nSPS) is 15.2. The lowest BCUT2D eigenvalue weighted by Gasteiger charge is -2.33. The maximum Gasteiger partial charge on any atom is 0.225 e. The van der Waals surface area contributed by atoms with Crippen molar-refractivity contribution in [2.75, 3.05) is 13.1 Å². The van der Waals surface area contributed by atoms with E-state index in [0.29, 0.717) is 12.5 Å². The predicted octanol–water partition coefficient (Wildman–Crippen LogP) is 4.51. The molecule has 0 spiro atoms. The van der Waals surface area contributed by atoms with Gasteiger partial charge in [-0.05, 0) is 43.0 Å². The van der Waals surface area contributed by atoms with E-state index in [1.807, 2.05) is 55.1 Å². The van der Waals surface area contributed by atoms with Crippen LogP contribution in [0.1, 0.15) is 32.5 Å². The monoisotopic (exact) mass is 391 g/mol. The van der Waals surface area contributed by atoms with Crippen molar-refractivity contribution in [3.8, 4) is 5.75 Å². The van der Waals surface area contributed by atoms with Crippen LogP contribution in [0.25, 0.3) is 11.0 Å². The van der Waals surface area contributed by atoms with Crippen molar-refractivity contribution in [1.82, 2.24) is 14.5 Å². The van der Waals surface area contributed by atoms with Crippen LogP contribution in [0.3, 0.4) is 0 Å². The number of amides is 1. The Balaban J connectivity index is 1.48. The summed E-state index contributed by atoms with van der Waals surface area (Å²) in [6.45, 7) is 7.02. The van der Waals surface area contributed by atoms with Crippen molar-refractivity contribution < 1.29 is 9.53 Å². The number of likely N-dealkylation sites (tertiary alicyclic amines) is 1. The Morgan fingerprint density at radius 3 is 2.48 bits per heavy atom. The Bertz CT molecular complexity index is 957. The van der Waals surface area contributed by atoms with Crippen LogP contribution >= 0.6 is 0 Å². The summed E-state index contributed by atoms with van der Waals surface area (Å²) in [4.78, 5) is 19.1. The fraction of sp³-hybridized carbons (Fsp3) is 0.417. The summed E-state index contributed by atoms with van der Waals surface area (Å²) in [6.07, 6.45) is 2.06. The molecule has 0 saturated carbocycles. The van der Waals surface area contributed by atoms with Gasteiger partial charge in [0.1, 0.15) is 18.2 Å². The molecule has 0 bridgehead atoms. The Morgan fingerprint density at radius 1 is 1.07 bits per heavy atom. The van der Waals surface area contributed by atoms with E-state index in [1.165, 1.54) is 0 Å². The molecule has 5 heteroatoms. The molecule has 0 atom stereocenters. The summed E-state index contributed by atoms with van der Waals surface area (Å²) >= 11 is 0. The van der Waals surface area contributed by atoms with E-state index in [-0.39, 0.29) is 11.8 Å². The number of piperidine rings is 1. The van der Waals surface area contributed by atoms with Gasteiger partial charge in [-0.15, -0.1) is 0 Å². The fourth-order valence-corrected chi connectivity index (χ4v) is 4.06. The average Bonchev–Trinajstić information content (AvgIpc) is 3.10. The molecule has 5 nitrogen and oxygen atoms in total. The number of carbonyl (C=O) groups is 1. The van der Waals surface area contributed by atoms with Crippen molar-refractivity contribution in [2.24, 2.45) is 11.8 Å². The molecule has 1 fully saturated rings. The zero-order chi connectivity index (χ0) is 20.2. The van der Waals surface area contributed by atoms with Gasteiger partial charge in [-0.1, -0.05) is 44.2 Å². The molecule has 4 rings (SSSR count). The number of benzene rings is 2. The lowest BCUT2D eigenvalue weighted by Crippen LogP contribution is -2.41. The summed E-state index contributed by atoms with van der Waals surface area (Å²) in [6, 6.07) is 18.1. The van der Waals surface area contributed by atoms with E-state index in [0.717, 1.165) is 55.1 Å². The Labute approximate surface area is 172 Å². The minimum atomic E-state index is 0.0749. The molecule has 1 aromatic heterocycles. The number of imidazole rings is 1. The van der Waals surface area contributed by atoms with Crippen LogP contribution < -0.4 is 4.74 Å². The molecule has 0 aliphatic carbocycles. The lowest BCUT2D eigenvalue weighted by molar-refractivity contribution is -0.135. The quantitative estimate of drug-likeness (QED) is 0.621. The number of para-hydroxylation sites is 3. The molecule has 1 aliphatic heterocycles. The van der Waals surface area contributed by atoms with Crippen LogP contribution in [0.15, 0.2) is 54.6 Å². The van der Waals surface area contributed by atoms with E-state index in [4.69, 9.17) is 9.72 Å². The van der Waals surface area contributed by atoms with Crippen molar-refractivity contribution >= 4 is 16.9 Å². The van der Waals surface area contributed by atoms with E-state index in [9.17, 15) is 4.79 Å². The molecule has 1 amide bonds. The SMILES string of the molecule is CC(C)C(=O)N1CCC(Cn2c(COc3ccccc3)nc3ccccc32)CC1. The molecule has 2 aromatic carbocycles. The van der Waals surface area contributed by atoms with Gasteiger partial charge in [-0.2, -0.15) is 0 Å². The van der Waals surface area contributed by atoms with Crippen LogP contribution in [0.5, 0.6) is 5.75 Å². The minimum absolute atomic E-state index is 0.0749. The average molecular weight is 392 g/mol. The lowest BCUT2D eigenvalue weighted by atomic mass is 9.95. The summed E-state index contributed by atoms with van der Waals surface area (Å²) in [5.41, 5.74) is 2.16. The second-order valence-corrected chi connectivity index (χ2v) is 8.15. The van der Waals surface area contributed by atoms with Gasteiger partial charge in [0, 0.05) is 25.6 Å². The van der Waals surface area contributed by atoms with Gasteiger partial charge in [0.2, 0.25) is 5.91 Å². The zero-order valence-electron chi connectivity index (χ0n) is 17.3. The van der Waals surface area contributed by atoms with Gasteiger partial charge in [-0.25, -0.2) is 4.98 Å².